The first-order chi connectivity index (χ1) is 11.9. The molecule has 1 aliphatic heterocycles. The lowest BCUT2D eigenvalue weighted by atomic mass is 10.1. The average molecular weight is 349 g/mol. The van der Waals surface area contributed by atoms with Gasteiger partial charge < -0.3 is 4.90 Å². The zero-order valence-electron chi connectivity index (χ0n) is 14.3. The smallest absolute Gasteiger partial charge is 0.355 e. The maximum Gasteiger partial charge on any atom is 0.417 e. The molecule has 0 spiro atoms. The van der Waals surface area contributed by atoms with Gasteiger partial charge in [-0.05, 0) is 31.0 Å². The van der Waals surface area contributed by atoms with Gasteiger partial charge in [0, 0.05) is 38.9 Å². The number of pyridine rings is 1. The van der Waals surface area contributed by atoms with E-state index >= 15 is 0 Å². The molecular formula is C19H22F3N3. The van der Waals surface area contributed by atoms with Crippen molar-refractivity contribution in [2.24, 2.45) is 0 Å². The van der Waals surface area contributed by atoms with E-state index in [1.807, 2.05) is 0 Å². The molecule has 0 unspecified atom stereocenters. The number of halogens is 3. The highest BCUT2D eigenvalue weighted by Crippen LogP contribution is 2.29. The van der Waals surface area contributed by atoms with E-state index in [1.165, 1.54) is 17.2 Å². The number of hydrogen-bond acceptors (Lipinski definition) is 3. The molecule has 1 fully saturated rings. The number of alkyl halides is 3. The maximum atomic E-state index is 12.7. The van der Waals surface area contributed by atoms with Crippen molar-refractivity contribution in [2.75, 3.05) is 31.1 Å². The normalized spacial score (nSPS) is 16.7. The van der Waals surface area contributed by atoms with Gasteiger partial charge in [0.05, 0.1) is 5.56 Å². The van der Waals surface area contributed by atoms with Gasteiger partial charge in [-0.3, -0.25) is 4.90 Å². The third kappa shape index (κ3) is 4.72. The first kappa shape index (κ1) is 17.7. The van der Waals surface area contributed by atoms with Gasteiger partial charge in [0.25, 0.3) is 0 Å². The molecular weight excluding hydrogens is 327 g/mol. The molecule has 0 atom stereocenters. The fourth-order valence-corrected chi connectivity index (χ4v) is 3.17. The summed E-state index contributed by atoms with van der Waals surface area (Å²) in [5, 5.41) is 0. The van der Waals surface area contributed by atoms with Gasteiger partial charge in [0.15, 0.2) is 0 Å². The summed E-state index contributed by atoms with van der Waals surface area (Å²) < 4.78 is 38.0. The zero-order chi connectivity index (χ0) is 17.9. The van der Waals surface area contributed by atoms with Crippen LogP contribution in [0.4, 0.5) is 19.0 Å². The molecule has 1 aromatic heterocycles. The van der Waals surface area contributed by atoms with Crippen LogP contribution in [0.5, 0.6) is 0 Å². The molecule has 0 aliphatic carbocycles. The van der Waals surface area contributed by atoms with E-state index in [-0.39, 0.29) is 0 Å². The second-order valence-corrected chi connectivity index (χ2v) is 6.51. The lowest BCUT2D eigenvalue weighted by Crippen LogP contribution is -2.31. The highest BCUT2D eigenvalue weighted by molar-refractivity contribution is 5.40. The molecule has 0 saturated carbocycles. The van der Waals surface area contributed by atoms with Crippen molar-refractivity contribution in [3.8, 4) is 0 Å². The molecule has 6 heteroatoms. The molecule has 25 heavy (non-hydrogen) atoms. The third-order valence-electron chi connectivity index (χ3n) is 4.48. The van der Waals surface area contributed by atoms with Gasteiger partial charge in [-0.25, -0.2) is 4.98 Å². The molecule has 3 rings (SSSR count). The van der Waals surface area contributed by atoms with Crippen molar-refractivity contribution in [1.29, 1.82) is 0 Å². The van der Waals surface area contributed by atoms with E-state index in [2.05, 4.69) is 46.0 Å². The van der Waals surface area contributed by atoms with Crippen LogP contribution in [-0.2, 0) is 12.7 Å². The first-order valence-corrected chi connectivity index (χ1v) is 8.48. The van der Waals surface area contributed by atoms with Crippen LogP contribution < -0.4 is 4.90 Å². The second-order valence-electron chi connectivity index (χ2n) is 6.51. The van der Waals surface area contributed by atoms with Crippen molar-refractivity contribution >= 4 is 5.82 Å². The predicted octanol–water partition coefficient (Wildman–Crippen LogP) is 4.12. The molecule has 2 heterocycles. The molecule has 0 radical (unpaired) electrons. The summed E-state index contributed by atoms with van der Waals surface area (Å²) in [5.74, 6) is 0.616. The SMILES string of the molecule is Cc1cccc(CN2CCCN(c3ccc(C(F)(F)F)cn3)CC2)c1. The van der Waals surface area contributed by atoms with E-state index in [9.17, 15) is 13.2 Å². The molecule has 2 aromatic rings. The van der Waals surface area contributed by atoms with Crippen molar-refractivity contribution in [3.05, 3.63) is 59.3 Å². The molecule has 1 saturated heterocycles. The third-order valence-corrected chi connectivity index (χ3v) is 4.48. The Kier molecular flexibility index (Phi) is 5.27. The topological polar surface area (TPSA) is 19.4 Å². The summed E-state index contributed by atoms with van der Waals surface area (Å²) in [6, 6.07) is 11.1. The molecule has 3 nitrogen and oxygen atoms in total. The lowest BCUT2D eigenvalue weighted by molar-refractivity contribution is -0.137. The van der Waals surface area contributed by atoms with Crippen molar-refractivity contribution in [1.82, 2.24) is 9.88 Å². The zero-order valence-corrected chi connectivity index (χ0v) is 14.3. The van der Waals surface area contributed by atoms with E-state index < -0.39 is 11.7 Å². The predicted molar refractivity (Wildman–Crippen MR) is 92.5 cm³/mol. The van der Waals surface area contributed by atoms with Crippen LogP contribution in [-0.4, -0.2) is 36.1 Å². The Morgan fingerprint density at radius 2 is 1.88 bits per heavy atom. The number of aryl methyl sites for hydroxylation is 1. The summed E-state index contributed by atoms with van der Waals surface area (Å²) in [6.45, 7) is 6.41. The van der Waals surface area contributed by atoms with Crippen LogP contribution >= 0.6 is 0 Å². The van der Waals surface area contributed by atoms with Crippen LogP contribution in [0.2, 0.25) is 0 Å². The van der Waals surface area contributed by atoms with E-state index in [0.29, 0.717) is 5.82 Å². The Bertz CT molecular complexity index is 698. The Morgan fingerprint density at radius 1 is 1.04 bits per heavy atom. The molecule has 0 N–H and O–H groups in total. The van der Waals surface area contributed by atoms with Gasteiger partial charge in [0.2, 0.25) is 0 Å². The number of hydrogen-bond donors (Lipinski definition) is 0. The summed E-state index contributed by atoms with van der Waals surface area (Å²) in [5.41, 5.74) is 1.84. The van der Waals surface area contributed by atoms with Crippen molar-refractivity contribution < 1.29 is 13.2 Å². The van der Waals surface area contributed by atoms with Crippen LogP contribution in [0.3, 0.4) is 0 Å². The highest BCUT2D eigenvalue weighted by atomic mass is 19.4. The Labute approximate surface area is 146 Å². The van der Waals surface area contributed by atoms with Gasteiger partial charge in [-0.1, -0.05) is 29.8 Å². The van der Waals surface area contributed by atoms with Gasteiger partial charge in [0.1, 0.15) is 5.82 Å². The van der Waals surface area contributed by atoms with Crippen LogP contribution in [0.1, 0.15) is 23.1 Å². The monoisotopic (exact) mass is 349 g/mol. The summed E-state index contributed by atoms with van der Waals surface area (Å²) in [7, 11) is 0. The Hall–Kier alpha value is -2.08. The number of nitrogens with zero attached hydrogens (tertiary/aromatic N) is 3. The largest absolute Gasteiger partial charge is 0.417 e. The average Bonchev–Trinajstić information content (AvgIpc) is 2.80. The molecule has 1 aliphatic rings. The van der Waals surface area contributed by atoms with Crippen molar-refractivity contribution in [2.45, 2.75) is 26.1 Å². The molecule has 0 amide bonds. The molecule has 1 aromatic carbocycles. The van der Waals surface area contributed by atoms with Crippen LogP contribution in [0.15, 0.2) is 42.6 Å². The minimum atomic E-state index is -4.34. The number of aromatic nitrogens is 1. The molecule has 134 valence electrons. The standard InChI is InChI=1S/C19H22F3N3/c1-15-4-2-5-16(12-15)14-24-8-3-9-25(11-10-24)18-7-6-17(13-23-18)19(20,21)22/h2,4-7,12-13H,3,8-11,14H2,1H3. The first-order valence-electron chi connectivity index (χ1n) is 8.48. The number of rotatable bonds is 3. The van der Waals surface area contributed by atoms with Gasteiger partial charge >= 0.3 is 6.18 Å². The van der Waals surface area contributed by atoms with E-state index in [0.717, 1.165) is 51.4 Å². The Balaban J connectivity index is 1.61. The second kappa shape index (κ2) is 7.44. The quantitative estimate of drug-likeness (QED) is 0.831. The minimum Gasteiger partial charge on any atom is -0.355 e. The summed E-state index contributed by atoms with van der Waals surface area (Å²) >= 11 is 0. The number of anilines is 1. The fraction of sp³-hybridized carbons (Fsp3) is 0.421. The lowest BCUT2D eigenvalue weighted by Gasteiger charge is -2.23. The Morgan fingerprint density at radius 3 is 2.56 bits per heavy atom. The van der Waals surface area contributed by atoms with Crippen LogP contribution in [0.25, 0.3) is 0 Å². The van der Waals surface area contributed by atoms with Gasteiger partial charge in [-0.15, -0.1) is 0 Å². The van der Waals surface area contributed by atoms with Crippen LogP contribution in [0, 0.1) is 6.92 Å². The van der Waals surface area contributed by atoms with Gasteiger partial charge in [-0.2, -0.15) is 13.2 Å². The fourth-order valence-electron chi connectivity index (χ4n) is 3.17. The molecule has 0 bridgehead atoms. The summed E-state index contributed by atoms with van der Waals surface area (Å²) in [4.78, 5) is 8.47. The summed E-state index contributed by atoms with van der Waals surface area (Å²) in [6.07, 6.45) is -2.45. The highest BCUT2D eigenvalue weighted by Gasteiger charge is 2.31. The number of benzene rings is 1. The maximum absolute atomic E-state index is 12.7. The van der Waals surface area contributed by atoms with E-state index in [1.54, 1.807) is 0 Å². The van der Waals surface area contributed by atoms with Crippen molar-refractivity contribution in [3.63, 3.8) is 0 Å². The van der Waals surface area contributed by atoms with E-state index in [4.69, 9.17) is 0 Å². The minimum absolute atomic E-state index is 0.616.